The van der Waals surface area contributed by atoms with Crippen LogP contribution >= 0.6 is 11.3 Å². The summed E-state index contributed by atoms with van der Waals surface area (Å²) in [5.74, 6) is -0.904. The average molecular weight is 558 g/mol. The van der Waals surface area contributed by atoms with E-state index in [0.29, 0.717) is 22.8 Å². The highest BCUT2D eigenvalue weighted by atomic mass is 32.1. The molecule has 0 unspecified atom stereocenters. The van der Waals surface area contributed by atoms with Gasteiger partial charge in [0, 0.05) is 23.0 Å². The first kappa shape index (κ1) is 29.3. The molecule has 0 radical (unpaired) electrons. The molecule has 4 rings (SSSR count). The molecule has 2 N–H and O–H groups in total. The summed E-state index contributed by atoms with van der Waals surface area (Å²) in [6, 6.07) is 4.15. The number of amides is 2. The van der Waals surface area contributed by atoms with Gasteiger partial charge in [-0.25, -0.2) is 9.37 Å². The second kappa shape index (κ2) is 12.2. The molecule has 1 aromatic heterocycles. The molecule has 8 nitrogen and oxygen atoms in total. The second-order valence-corrected chi connectivity index (χ2v) is 12.5. The fourth-order valence-corrected chi connectivity index (χ4v) is 6.40. The Hall–Kier alpha value is -2.69. The van der Waals surface area contributed by atoms with Crippen molar-refractivity contribution in [2.75, 3.05) is 26.7 Å². The Balaban J connectivity index is 1.53. The van der Waals surface area contributed by atoms with Gasteiger partial charge < -0.3 is 15.5 Å². The van der Waals surface area contributed by atoms with Crippen LogP contribution in [-0.2, 0) is 9.59 Å². The van der Waals surface area contributed by atoms with E-state index in [1.54, 1.807) is 19.4 Å². The number of likely N-dealkylation sites (N-methyl/N-ethyl adjacent to an activating group) is 1. The molecule has 3 heterocycles. The van der Waals surface area contributed by atoms with E-state index in [-0.39, 0.29) is 35.1 Å². The number of ketones is 1. The minimum absolute atomic E-state index is 0.0391. The maximum atomic E-state index is 14.1. The Morgan fingerprint density at radius 1 is 1.08 bits per heavy atom. The maximum Gasteiger partial charge on any atom is 0.246 e. The lowest BCUT2D eigenvalue weighted by atomic mass is 9.86. The Morgan fingerprint density at radius 2 is 1.74 bits per heavy atom. The lowest BCUT2D eigenvalue weighted by Crippen LogP contribution is -2.57. The Labute approximate surface area is 234 Å². The highest BCUT2D eigenvalue weighted by molar-refractivity contribution is 7.10. The zero-order valence-electron chi connectivity index (χ0n) is 23.5. The van der Waals surface area contributed by atoms with Crippen molar-refractivity contribution < 1.29 is 18.8 Å². The van der Waals surface area contributed by atoms with Gasteiger partial charge in [-0.1, -0.05) is 0 Å². The number of rotatable bonds is 8. The molecule has 10 heteroatoms. The van der Waals surface area contributed by atoms with Crippen molar-refractivity contribution in [2.24, 2.45) is 5.92 Å². The second-order valence-electron chi connectivity index (χ2n) is 11.6. The Kier molecular flexibility index (Phi) is 9.18. The van der Waals surface area contributed by atoms with Gasteiger partial charge >= 0.3 is 0 Å². The van der Waals surface area contributed by atoms with Crippen molar-refractivity contribution in [1.82, 2.24) is 25.4 Å². The standard InChI is InChI=1S/C29H40FN5O3S/c1-18(31-5)26(37)33-24(19-12-15-34(16-13-19)29(2,3)4)28(38)35-14-6-7-23(35)27-32-22(17-39-27)25(36)20-8-10-21(30)11-9-20/h8-11,17-19,23-24,31H,6-7,12-16H2,1-5H3,(H,33,37)/t18-,23-,24-/m0/s1. The van der Waals surface area contributed by atoms with E-state index in [1.807, 2.05) is 4.90 Å². The number of hydrogen-bond acceptors (Lipinski definition) is 7. The lowest BCUT2D eigenvalue weighted by molar-refractivity contribution is -0.140. The number of benzene rings is 1. The van der Waals surface area contributed by atoms with Crippen LogP contribution in [0.1, 0.15) is 80.5 Å². The molecule has 2 aliphatic rings. The summed E-state index contributed by atoms with van der Waals surface area (Å²) in [4.78, 5) is 48.8. The number of aromatic nitrogens is 1. The SMILES string of the molecule is CN[C@@H](C)C(=O)N[C@H](C(=O)N1CCC[C@H]1c1nc(C(=O)c2ccc(F)cc2)cs1)C1CCN(C(C)(C)C)CC1. The topological polar surface area (TPSA) is 94.6 Å². The van der Waals surface area contributed by atoms with E-state index >= 15 is 0 Å². The van der Waals surface area contributed by atoms with Crippen molar-refractivity contribution >= 4 is 28.9 Å². The summed E-state index contributed by atoms with van der Waals surface area (Å²) in [5, 5.41) is 8.46. The number of hydrogen-bond donors (Lipinski definition) is 2. The van der Waals surface area contributed by atoms with Crippen LogP contribution in [0.4, 0.5) is 4.39 Å². The van der Waals surface area contributed by atoms with Crippen LogP contribution in [0.25, 0.3) is 0 Å². The number of halogens is 1. The number of likely N-dealkylation sites (tertiary alicyclic amines) is 2. The molecule has 39 heavy (non-hydrogen) atoms. The number of nitrogens with one attached hydrogen (secondary N) is 2. The van der Waals surface area contributed by atoms with Crippen LogP contribution in [-0.4, -0.2) is 76.7 Å². The van der Waals surface area contributed by atoms with Crippen molar-refractivity contribution in [3.8, 4) is 0 Å². The predicted molar refractivity (Wildman–Crippen MR) is 150 cm³/mol. The zero-order valence-corrected chi connectivity index (χ0v) is 24.3. The Morgan fingerprint density at radius 3 is 2.36 bits per heavy atom. The van der Waals surface area contributed by atoms with Crippen LogP contribution in [0.15, 0.2) is 29.6 Å². The van der Waals surface area contributed by atoms with Gasteiger partial charge in [-0.05, 0) is 104 Å². The summed E-state index contributed by atoms with van der Waals surface area (Å²) in [7, 11) is 1.73. The largest absolute Gasteiger partial charge is 0.343 e. The molecule has 2 saturated heterocycles. The van der Waals surface area contributed by atoms with Gasteiger partial charge in [-0.2, -0.15) is 0 Å². The summed E-state index contributed by atoms with van der Waals surface area (Å²) in [5.41, 5.74) is 0.723. The first-order valence-corrected chi connectivity index (χ1v) is 14.7. The zero-order chi connectivity index (χ0) is 28.3. The van der Waals surface area contributed by atoms with Crippen molar-refractivity contribution in [2.45, 2.75) is 77.0 Å². The first-order valence-electron chi connectivity index (χ1n) is 13.8. The van der Waals surface area contributed by atoms with Crippen molar-refractivity contribution in [3.05, 3.63) is 51.7 Å². The molecular formula is C29H40FN5O3S. The third-order valence-corrected chi connectivity index (χ3v) is 8.98. The van der Waals surface area contributed by atoms with Gasteiger partial charge in [0.2, 0.25) is 17.6 Å². The Bertz CT molecular complexity index is 1170. The molecular weight excluding hydrogens is 517 g/mol. The van der Waals surface area contributed by atoms with Gasteiger partial charge in [-0.15, -0.1) is 11.3 Å². The molecule has 2 aromatic rings. The van der Waals surface area contributed by atoms with E-state index < -0.39 is 17.9 Å². The summed E-state index contributed by atoms with van der Waals surface area (Å²) >= 11 is 1.36. The molecule has 0 saturated carbocycles. The number of carbonyl (C=O) groups excluding carboxylic acids is 3. The number of carbonyl (C=O) groups is 3. The third-order valence-electron chi connectivity index (χ3n) is 8.03. The fourth-order valence-electron chi connectivity index (χ4n) is 5.45. The smallest absolute Gasteiger partial charge is 0.246 e. The van der Waals surface area contributed by atoms with Crippen LogP contribution in [0.5, 0.6) is 0 Å². The van der Waals surface area contributed by atoms with Gasteiger partial charge in [0.05, 0.1) is 12.1 Å². The van der Waals surface area contributed by atoms with Crippen LogP contribution in [0.3, 0.4) is 0 Å². The van der Waals surface area contributed by atoms with Gasteiger partial charge in [0.1, 0.15) is 22.6 Å². The van der Waals surface area contributed by atoms with E-state index in [2.05, 4.69) is 41.3 Å². The molecule has 0 aliphatic carbocycles. The summed E-state index contributed by atoms with van der Waals surface area (Å²) in [6.45, 7) is 10.7. The molecule has 2 fully saturated rings. The quantitative estimate of drug-likeness (QED) is 0.480. The minimum Gasteiger partial charge on any atom is -0.343 e. The number of thiazole rings is 1. The molecule has 0 spiro atoms. The van der Waals surface area contributed by atoms with Crippen molar-refractivity contribution in [1.29, 1.82) is 0 Å². The normalized spacial score (nSPS) is 20.6. The van der Waals surface area contributed by atoms with E-state index in [1.165, 1.54) is 35.6 Å². The predicted octanol–water partition coefficient (Wildman–Crippen LogP) is 3.78. The van der Waals surface area contributed by atoms with Crippen LogP contribution in [0, 0.1) is 11.7 Å². The van der Waals surface area contributed by atoms with Gasteiger partial charge in [0.15, 0.2) is 0 Å². The number of piperidine rings is 1. The van der Waals surface area contributed by atoms with E-state index in [9.17, 15) is 18.8 Å². The third kappa shape index (κ3) is 6.73. The molecule has 3 atom stereocenters. The van der Waals surface area contributed by atoms with Gasteiger partial charge in [-0.3, -0.25) is 19.3 Å². The number of nitrogens with zero attached hydrogens (tertiary/aromatic N) is 3. The minimum atomic E-state index is -0.615. The van der Waals surface area contributed by atoms with Crippen LogP contribution in [0.2, 0.25) is 0 Å². The lowest BCUT2D eigenvalue weighted by Gasteiger charge is -2.43. The van der Waals surface area contributed by atoms with Crippen LogP contribution < -0.4 is 10.6 Å². The first-order chi connectivity index (χ1) is 18.5. The molecule has 212 valence electrons. The van der Waals surface area contributed by atoms with E-state index in [4.69, 9.17) is 0 Å². The fraction of sp³-hybridized carbons (Fsp3) is 0.586. The van der Waals surface area contributed by atoms with Gasteiger partial charge in [0.25, 0.3) is 0 Å². The maximum absolute atomic E-state index is 14.1. The van der Waals surface area contributed by atoms with E-state index in [0.717, 1.165) is 38.8 Å². The molecule has 2 amide bonds. The molecule has 1 aromatic carbocycles. The highest BCUT2D eigenvalue weighted by Crippen LogP contribution is 2.36. The van der Waals surface area contributed by atoms with Crippen molar-refractivity contribution in [3.63, 3.8) is 0 Å². The molecule has 0 bridgehead atoms. The monoisotopic (exact) mass is 557 g/mol. The summed E-state index contributed by atoms with van der Waals surface area (Å²) < 4.78 is 13.3. The highest BCUT2D eigenvalue weighted by Gasteiger charge is 2.41. The summed E-state index contributed by atoms with van der Waals surface area (Å²) in [6.07, 6.45) is 3.23. The average Bonchev–Trinajstić information content (AvgIpc) is 3.60. The molecule has 2 aliphatic heterocycles.